The molecule has 21 heavy (non-hydrogen) atoms. The molecule has 0 aliphatic carbocycles. The standard InChI is InChI=1S/C15H11ClFN3O/c16-11-2-1-3-13(8-11)20-15(14(9-21)18-19-20)10-4-6-12(17)7-5-10/h1-8,21H,9H2. The lowest BCUT2D eigenvalue weighted by molar-refractivity contribution is 0.277. The molecular formula is C15H11ClFN3O. The summed E-state index contributed by atoms with van der Waals surface area (Å²) in [6, 6.07) is 13.1. The number of hydrogen-bond donors (Lipinski definition) is 1. The topological polar surface area (TPSA) is 50.9 Å². The third-order valence-electron chi connectivity index (χ3n) is 3.06. The number of halogens is 2. The highest BCUT2D eigenvalue weighted by Gasteiger charge is 2.15. The maximum Gasteiger partial charge on any atom is 0.123 e. The van der Waals surface area contributed by atoms with Gasteiger partial charge in [0.1, 0.15) is 17.2 Å². The molecule has 0 bridgehead atoms. The second kappa shape index (κ2) is 5.63. The molecular weight excluding hydrogens is 293 g/mol. The van der Waals surface area contributed by atoms with E-state index in [4.69, 9.17) is 11.6 Å². The van der Waals surface area contributed by atoms with Crippen LogP contribution in [0.1, 0.15) is 5.69 Å². The molecule has 0 unspecified atom stereocenters. The minimum atomic E-state index is -0.328. The molecule has 106 valence electrons. The van der Waals surface area contributed by atoms with E-state index in [2.05, 4.69) is 10.3 Å². The Balaban J connectivity index is 2.19. The van der Waals surface area contributed by atoms with Crippen LogP contribution in [0.4, 0.5) is 4.39 Å². The fourth-order valence-corrected chi connectivity index (χ4v) is 2.29. The fourth-order valence-electron chi connectivity index (χ4n) is 2.10. The maximum atomic E-state index is 13.1. The molecule has 0 fully saturated rings. The van der Waals surface area contributed by atoms with E-state index in [9.17, 15) is 9.50 Å². The molecule has 0 atom stereocenters. The smallest absolute Gasteiger partial charge is 0.123 e. The molecule has 6 heteroatoms. The first kappa shape index (κ1) is 13.7. The van der Waals surface area contributed by atoms with Crippen LogP contribution in [0.15, 0.2) is 48.5 Å². The van der Waals surface area contributed by atoms with Gasteiger partial charge in [-0.25, -0.2) is 9.07 Å². The van der Waals surface area contributed by atoms with Gasteiger partial charge in [0.15, 0.2) is 0 Å². The average molecular weight is 304 g/mol. The van der Waals surface area contributed by atoms with Crippen LogP contribution in [0.5, 0.6) is 0 Å². The van der Waals surface area contributed by atoms with Gasteiger partial charge >= 0.3 is 0 Å². The summed E-state index contributed by atoms with van der Waals surface area (Å²) >= 11 is 5.99. The zero-order chi connectivity index (χ0) is 14.8. The first-order chi connectivity index (χ1) is 10.2. The summed E-state index contributed by atoms with van der Waals surface area (Å²) in [5.74, 6) is -0.328. The fraction of sp³-hybridized carbons (Fsp3) is 0.0667. The number of nitrogens with zero attached hydrogens (tertiary/aromatic N) is 3. The predicted molar refractivity (Wildman–Crippen MR) is 77.7 cm³/mol. The van der Waals surface area contributed by atoms with Gasteiger partial charge < -0.3 is 5.11 Å². The van der Waals surface area contributed by atoms with Gasteiger partial charge in [-0.15, -0.1) is 5.10 Å². The molecule has 0 amide bonds. The third-order valence-corrected chi connectivity index (χ3v) is 3.30. The van der Waals surface area contributed by atoms with E-state index in [0.717, 1.165) is 0 Å². The van der Waals surface area contributed by atoms with Crippen molar-refractivity contribution in [3.05, 3.63) is 65.1 Å². The Morgan fingerprint density at radius 3 is 2.57 bits per heavy atom. The van der Waals surface area contributed by atoms with E-state index >= 15 is 0 Å². The van der Waals surface area contributed by atoms with Crippen LogP contribution < -0.4 is 0 Å². The van der Waals surface area contributed by atoms with E-state index in [-0.39, 0.29) is 12.4 Å². The second-order valence-electron chi connectivity index (χ2n) is 4.44. The lowest BCUT2D eigenvalue weighted by Crippen LogP contribution is -2.00. The van der Waals surface area contributed by atoms with Gasteiger partial charge in [-0.1, -0.05) is 22.9 Å². The van der Waals surface area contributed by atoms with Crippen molar-refractivity contribution in [2.45, 2.75) is 6.61 Å². The van der Waals surface area contributed by atoms with Crippen molar-refractivity contribution in [2.75, 3.05) is 0 Å². The zero-order valence-corrected chi connectivity index (χ0v) is 11.6. The van der Waals surface area contributed by atoms with Crippen LogP contribution in [0.25, 0.3) is 16.9 Å². The molecule has 0 saturated carbocycles. The lowest BCUT2D eigenvalue weighted by Gasteiger charge is -2.08. The van der Waals surface area contributed by atoms with Crippen LogP contribution in [-0.4, -0.2) is 20.1 Å². The van der Waals surface area contributed by atoms with Crippen molar-refractivity contribution in [2.24, 2.45) is 0 Å². The minimum Gasteiger partial charge on any atom is -0.390 e. The van der Waals surface area contributed by atoms with Gasteiger partial charge in [0.05, 0.1) is 12.3 Å². The molecule has 1 N–H and O–H groups in total. The van der Waals surface area contributed by atoms with Gasteiger partial charge in [0.25, 0.3) is 0 Å². The minimum absolute atomic E-state index is 0.257. The molecule has 0 spiro atoms. The Bertz CT molecular complexity index is 771. The van der Waals surface area contributed by atoms with Crippen LogP contribution in [-0.2, 0) is 6.61 Å². The summed E-state index contributed by atoms with van der Waals surface area (Å²) in [5.41, 5.74) is 2.46. The first-order valence-electron chi connectivity index (χ1n) is 6.26. The van der Waals surface area contributed by atoms with Gasteiger partial charge in [-0.2, -0.15) is 0 Å². The first-order valence-corrected chi connectivity index (χ1v) is 6.64. The number of benzene rings is 2. The maximum absolute atomic E-state index is 13.1. The summed E-state index contributed by atoms with van der Waals surface area (Å²) in [4.78, 5) is 0. The number of aromatic nitrogens is 3. The quantitative estimate of drug-likeness (QED) is 0.808. The Labute approximate surface area is 125 Å². The SMILES string of the molecule is OCc1nnn(-c2cccc(Cl)c2)c1-c1ccc(F)cc1. The Morgan fingerprint density at radius 1 is 1.14 bits per heavy atom. The molecule has 0 saturated heterocycles. The molecule has 0 aliphatic rings. The lowest BCUT2D eigenvalue weighted by atomic mass is 10.1. The summed E-state index contributed by atoms with van der Waals surface area (Å²) in [6.45, 7) is -0.257. The molecule has 3 aromatic rings. The normalized spacial score (nSPS) is 10.8. The molecule has 0 radical (unpaired) electrons. The molecule has 4 nitrogen and oxygen atoms in total. The summed E-state index contributed by atoms with van der Waals surface area (Å²) in [5, 5.41) is 18.0. The van der Waals surface area contributed by atoms with Gasteiger partial charge in [0.2, 0.25) is 0 Å². The number of aliphatic hydroxyl groups is 1. The third kappa shape index (κ3) is 2.66. The number of hydrogen-bond acceptors (Lipinski definition) is 3. The molecule has 0 aliphatic heterocycles. The van der Waals surface area contributed by atoms with E-state index in [1.54, 1.807) is 35.0 Å². The van der Waals surface area contributed by atoms with Gasteiger partial charge in [-0.05, 0) is 42.5 Å². The summed E-state index contributed by atoms with van der Waals surface area (Å²) in [7, 11) is 0. The van der Waals surface area contributed by atoms with Crippen molar-refractivity contribution in [3.8, 4) is 16.9 Å². The highest BCUT2D eigenvalue weighted by Crippen LogP contribution is 2.26. The average Bonchev–Trinajstić information content (AvgIpc) is 2.92. The van der Waals surface area contributed by atoms with Crippen molar-refractivity contribution >= 4 is 11.6 Å². The Kier molecular flexibility index (Phi) is 3.68. The Morgan fingerprint density at radius 2 is 1.90 bits per heavy atom. The molecule has 1 aromatic heterocycles. The van der Waals surface area contributed by atoms with Crippen molar-refractivity contribution in [1.29, 1.82) is 0 Å². The predicted octanol–water partition coefficient (Wildman–Crippen LogP) is 3.22. The van der Waals surface area contributed by atoms with Crippen molar-refractivity contribution in [1.82, 2.24) is 15.0 Å². The van der Waals surface area contributed by atoms with E-state index in [1.165, 1.54) is 12.1 Å². The molecule has 2 aromatic carbocycles. The summed E-state index contributed by atoms with van der Waals surface area (Å²) in [6.07, 6.45) is 0. The number of rotatable bonds is 3. The van der Waals surface area contributed by atoms with Gasteiger partial charge in [-0.3, -0.25) is 0 Å². The van der Waals surface area contributed by atoms with E-state index < -0.39 is 0 Å². The van der Waals surface area contributed by atoms with Gasteiger partial charge in [0, 0.05) is 10.6 Å². The highest BCUT2D eigenvalue weighted by molar-refractivity contribution is 6.30. The second-order valence-corrected chi connectivity index (χ2v) is 4.88. The van der Waals surface area contributed by atoms with Crippen molar-refractivity contribution < 1.29 is 9.50 Å². The molecule has 3 rings (SSSR count). The van der Waals surface area contributed by atoms with E-state index in [1.807, 2.05) is 6.07 Å². The summed E-state index contributed by atoms with van der Waals surface area (Å²) < 4.78 is 14.7. The number of aliphatic hydroxyl groups excluding tert-OH is 1. The molecule has 1 heterocycles. The van der Waals surface area contributed by atoms with Crippen LogP contribution in [0.2, 0.25) is 5.02 Å². The Hall–Kier alpha value is -2.24. The largest absolute Gasteiger partial charge is 0.390 e. The van der Waals surface area contributed by atoms with Crippen molar-refractivity contribution in [3.63, 3.8) is 0 Å². The zero-order valence-electron chi connectivity index (χ0n) is 10.9. The highest BCUT2D eigenvalue weighted by atomic mass is 35.5. The van der Waals surface area contributed by atoms with E-state index in [0.29, 0.717) is 27.7 Å². The van der Waals surface area contributed by atoms with Crippen LogP contribution in [0, 0.1) is 5.82 Å². The monoisotopic (exact) mass is 303 g/mol. The van der Waals surface area contributed by atoms with Crippen LogP contribution >= 0.6 is 11.6 Å². The van der Waals surface area contributed by atoms with Crippen LogP contribution in [0.3, 0.4) is 0 Å².